The predicted molar refractivity (Wildman–Crippen MR) is 72.4 cm³/mol. The molecule has 0 atom stereocenters. The molecule has 2 N–H and O–H groups in total. The maximum absolute atomic E-state index is 10.7. The van der Waals surface area contributed by atoms with Gasteiger partial charge in [0.1, 0.15) is 11.6 Å². The zero-order chi connectivity index (χ0) is 13.7. The van der Waals surface area contributed by atoms with Gasteiger partial charge in [0.15, 0.2) is 0 Å². The smallest absolute Gasteiger partial charge is 0.335 e. The Morgan fingerprint density at radius 1 is 1.26 bits per heavy atom. The van der Waals surface area contributed by atoms with E-state index in [2.05, 4.69) is 15.3 Å². The number of carbonyl (C=O) groups is 1. The number of aromatic nitrogens is 2. The zero-order valence-electron chi connectivity index (χ0n) is 10.6. The van der Waals surface area contributed by atoms with E-state index in [-0.39, 0.29) is 0 Å². The highest BCUT2D eigenvalue weighted by Gasteiger charge is 2.01. The Kier molecular flexibility index (Phi) is 4.07. The Balaban J connectivity index is 1.87. The van der Waals surface area contributed by atoms with Crippen LogP contribution < -0.4 is 5.32 Å². The molecule has 2 aromatic rings. The minimum Gasteiger partial charge on any atom is -0.478 e. The van der Waals surface area contributed by atoms with Gasteiger partial charge in [-0.15, -0.1) is 0 Å². The van der Waals surface area contributed by atoms with E-state index in [0.29, 0.717) is 5.56 Å². The first-order chi connectivity index (χ1) is 9.15. The molecule has 0 aliphatic carbocycles. The van der Waals surface area contributed by atoms with E-state index in [9.17, 15) is 4.79 Å². The van der Waals surface area contributed by atoms with Gasteiger partial charge in [-0.1, -0.05) is 12.1 Å². The maximum atomic E-state index is 10.7. The molecule has 1 heterocycles. The van der Waals surface area contributed by atoms with Crippen LogP contribution in [0.4, 0.5) is 5.82 Å². The number of nitrogens with zero attached hydrogens (tertiary/aromatic N) is 2. The van der Waals surface area contributed by atoms with Crippen molar-refractivity contribution in [3.8, 4) is 0 Å². The second-order valence-electron chi connectivity index (χ2n) is 4.17. The topological polar surface area (TPSA) is 75.1 Å². The third kappa shape index (κ3) is 3.77. The van der Waals surface area contributed by atoms with Gasteiger partial charge in [0.2, 0.25) is 0 Å². The van der Waals surface area contributed by atoms with Gasteiger partial charge in [-0.05, 0) is 37.1 Å². The number of anilines is 1. The molecule has 1 aromatic carbocycles. The molecule has 1 aromatic heterocycles. The van der Waals surface area contributed by atoms with E-state index >= 15 is 0 Å². The van der Waals surface area contributed by atoms with Crippen LogP contribution in [0.25, 0.3) is 0 Å². The highest BCUT2D eigenvalue weighted by Crippen LogP contribution is 2.06. The molecular weight excluding hydrogens is 242 g/mol. The number of nitrogens with one attached hydrogen (secondary N) is 1. The molecule has 0 aliphatic rings. The van der Waals surface area contributed by atoms with Crippen molar-refractivity contribution in [2.75, 3.05) is 11.9 Å². The van der Waals surface area contributed by atoms with Gasteiger partial charge in [-0.25, -0.2) is 14.8 Å². The summed E-state index contributed by atoms with van der Waals surface area (Å²) in [6.45, 7) is 2.58. The summed E-state index contributed by atoms with van der Waals surface area (Å²) in [5.74, 6) is 0.631. The number of hydrogen-bond donors (Lipinski definition) is 2. The second kappa shape index (κ2) is 5.95. The molecule has 0 fully saturated rings. The van der Waals surface area contributed by atoms with Crippen molar-refractivity contribution in [3.05, 3.63) is 53.5 Å². The fourth-order valence-electron chi connectivity index (χ4n) is 1.70. The van der Waals surface area contributed by atoms with E-state index in [1.807, 2.05) is 25.1 Å². The Morgan fingerprint density at radius 2 is 2.00 bits per heavy atom. The van der Waals surface area contributed by atoms with Gasteiger partial charge >= 0.3 is 5.97 Å². The van der Waals surface area contributed by atoms with Crippen LogP contribution in [0.15, 0.2) is 36.5 Å². The number of benzene rings is 1. The lowest BCUT2D eigenvalue weighted by atomic mass is 10.1. The first-order valence-corrected chi connectivity index (χ1v) is 6.01. The van der Waals surface area contributed by atoms with Crippen LogP contribution in [-0.4, -0.2) is 27.6 Å². The lowest BCUT2D eigenvalue weighted by molar-refractivity contribution is 0.0697. The number of carboxylic acid groups (broad SMARTS) is 1. The van der Waals surface area contributed by atoms with Crippen LogP contribution in [0, 0.1) is 6.92 Å². The molecule has 0 bridgehead atoms. The molecule has 0 spiro atoms. The molecule has 98 valence electrons. The number of rotatable bonds is 5. The van der Waals surface area contributed by atoms with Crippen molar-refractivity contribution in [2.45, 2.75) is 13.3 Å². The summed E-state index contributed by atoms with van der Waals surface area (Å²) in [6.07, 6.45) is 2.52. The van der Waals surface area contributed by atoms with Crippen LogP contribution in [0.3, 0.4) is 0 Å². The largest absolute Gasteiger partial charge is 0.478 e. The first kappa shape index (κ1) is 13.0. The molecule has 0 unspecified atom stereocenters. The molecule has 0 amide bonds. The Hall–Kier alpha value is -2.43. The average molecular weight is 257 g/mol. The third-order valence-electron chi connectivity index (χ3n) is 2.70. The van der Waals surface area contributed by atoms with Crippen molar-refractivity contribution >= 4 is 11.8 Å². The highest BCUT2D eigenvalue weighted by molar-refractivity contribution is 5.87. The monoisotopic (exact) mass is 257 g/mol. The molecule has 0 radical (unpaired) electrons. The lowest BCUT2D eigenvalue weighted by Gasteiger charge is -2.06. The third-order valence-corrected chi connectivity index (χ3v) is 2.70. The Morgan fingerprint density at radius 3 is 2.63 bits per heavy atom. The van der Waals surface area contributed by atoms with Crippen molar-refractivity contribution < 1.29 is 9.90 Å². The van der Waals surface area contributed by atoms with E-state index in [4.69, 9.17) is 5.11 Å². The summed E-state index contributed by atoms with van der Waals surface area (Å²) in [4.78, 5) is 19.0. The van der Waals surface area contributed by atoms with Gasteiger partial charge in [-0.2, -0.15) is 0 Å². The van der Waals surface area contributed by atoms with Crippen LogP contribution in [0.1, 0.15) is 21.7 Å². The van der Waals surface area contributed by atoms with Crippen molar-refractivity contribution in [3.63, 3.8) is 0 Å². The summed E-state index contributed by atoms with van der Waals surface area (Å²) >= 11 is 0. The van der Waals surface area contributed by atoms with Crippen molar-refractivity contribution in [1.29, 1.82) is 0 Å². The molecule has 2 rings (SSSR count). The minimum absolute atomic E-state index is 0.308. The molecule has 5 nitrogen and oxygen atoms in total. The SMILES string of the molecule is Cc1nccc(NCCc2ccc(C(=O)O)cc2)n1. The fourth-order valence-corrected chi connectivity index (χ4v) is 1.70. The maximum Gasteiger partial charge on any atom is 0.335 e. The summed E-state index contributed by atoms with van der Waals surface area (Å²) in [5.41, 5.74) is 1.39. The van der Waals surface area contributed by atoms with Gasteiger partial charge < -0.3 is 10.4 Å². The Bertz CT molecular complexity index is 567. The summed E-state index contributed by atoms with van der Waals surface area (Å²) in [7, 11) is 0. The van der Waals surface area contributed by atoms with Gasteiger partial charge in [-0.3, -0.25) is 0 Å². The Labute approximate surface area is 111 Å². The normalized spacial score (nSPS) is 10.2. The highest BCUT2D eigenvalue weighted by atomic mass is 16.4. The second-order valence-corrected chi connectivity index (χ2v) is 4.17. The zero-order valence-corrected chi connectivity index (χ0v) is 10.6. The van der Waals surface area contributed by atoms with Gasteiger partial charge in [0.25, 0.3) is 0 Å². The number of carboxylic acids is 1. The summed E-state index contributed by atoms with van der Waals surface area (Å²) in [5, 5.41) is 12.0. The molecular formula is C14H15N3O2. The predicted octanol–water partition coefficient (Wildman–Crippen LogP) is 2.14. The van der Waals surface area contributed by atoms with Crippen LogP contribution in [-0.2, 0) is 6.42 Å². The standard InChI is InChI=1S/C14H15N3O2/c1-10-15-9-7-13(17-10)16-8-6-11-2-4-12(5-3-11)14(18)19/h2-5,7,9H,6,8H2,1H3,(H,18,19)(H,15,16,17). The summed E-state index contributed by atoms with van der Waals surface area (Å²) < 4.78 is 0. The lowest BCUT2D eigenvalue weighted by Crippen LogP contribution is -2.07. The molecule has 0 aliphatic heterocycles. The van der Waals surface area contributed by atoms with Crippen LogP contribution >= 0.6 is 0 Å². The van der Waals surface area contributed by atoms with Crippen molar-refractivity contribution in [1.82, 2.24) is 9.97 Å². The van der Waals surface area contributed by atoms with E-state index in [1.165, 1.54) is 0 Å². The van der Waals surface area contributed by atoms with E-state index < -0.39 is 5.97 Å². The number of aromatic carboxylic acids is 1. The quantitative estimate of drug-likeness (QED) is 0.858. The van der Waals surface area contributed by atoms with E-state index in [1.54, 1.807) is 18.3 Å². The van der Waals surface area contributed by atoms with Gasteiger partial charge in [0.05, 0.1) is 5.56 Å². The number of hydrogen-bond acceptors (Lipinski definition) is 4. The molecule has 0 saturated carbocycles. The van der Waals surface area contributed by atoms with Crippen LogP contribution in [0.5, 0.6) is 0 Å². The molecule has 5 heteroatoms. The molecule has 0 saturated heterocycles. The first-order valence-electron chi connectivity index (χ1n) is 6.01. The average Bonchev–Trinajstić information content (AvgIpc) is 2.39. The van der Waals surface area contributed by atoms with Crippen LogP contribution in [0.2, 0.25) is 0 Å². The van der Waals surface area contributed by atoms with Gasteiger partial charge in [0, 0.05) is 12.7 Å². The van der Waals surface area contributed by atoms with Crippen molar-refractivity contribution in [2.24, 2.45) is 0 Å². The summed E-state index contributed by atoms with van der Waals surface area (Å²) in [6, 6.07) is 8.71. The number of aryl methyl sites for hydroxylation is 1. The fraction of sp³-hybridized carbons (Fsp3) is 0.214. The minimum atomic E-state index is -0.902. The molecule has 19 heavy (non-hydrogen) atoms. The van der Waals surface area contributed by atoms with E-state index in [0.717, 1.165) is 30.2 Å².